The van der Waals surface area contributed by atoms with Crippen LogP contribution in [0.25, 0.3) is 0 Å². The fourth-order valence-electron chi connectivity index (χ4n) is 3.46. The molecule has 1 aliphatic carbocycles. The predicted molar refractivity (Wildman–Crippen MR) is 69.0 cm³/mol. The zero-order valence-corrected chi connectivity index (χ0v) is 10.8. The van der Waals surface area contributed by atoms with Crippen LogP contribution in [-0.2, 0) is 7.05 Å². The number of carbonyl (C=O) groups is 1. The van der Waals surface area contributed by atoms with Crippen LogP contribution in [0.15, 0.2) is 6.20 Å². The minimum absolute atomic E-state index is 0.0455. The molecular weight excluding hydrogens is 228 g/mol. The van der Waals surface area contributed by atoms with Crippen LogP contribution in [0.3, 0.4) is 0 Å². The molecule has 0 aromatic carbocycles. The SMILES string of the molecule is Cn1ncc(N)c1C(=O)N1CC2CCCC(C2)C1. The molecular formula is C13H20N4O. The third-order valence-electron chi connectivity index (χ3n) is 4.31. The Morgan fingerprint density at radius 2 is 2.06 bits per heavy atom. The topological polar surface area (TPSA) is 64.2 Å². The number of nitrogen functional groups attached to an aromatic ring is 1. The molecule has 2 bridgehead atoms. The monoisotopic (exact) mass is 248 g/mol. The summed E-state index contributed by atoms with van der Waals surface area (Å²) in [4.78, 5) is 14.5. The number of carbonyl (C=O) groups excluding carboxylic acids is 1. The molecule has 1 saturated carbocycles. The number of likely N-dealkylation sites (tertiary alicyclic amines) is 1. The second-order valence-corrected chi connectivity index (χ2v) is 5.68. The summed E-state index contributed by atoms with van der Waals surface area (Å²) < 4.78 is 1.59. The molecule has 1 aliphatic heterocycles. The minimum Gasteiger partial charge on any atom is -0.396 e. The number of anilines is 1. The summed E-state index contributed by atoms with van der Waals surface area (Å²) in [5, 5.41) is 4.05. The van der Waals surface area contributed by atoms with Crippen molar-refractivity contribution in [2.45, 2.75) is 25.7 Å². The van der Waals surface area contributed by atoms with Crippen LogP contribution in [0.1, 0.15) is 36.2 Å². The molecule has 2 heterocycles. The minimum atomic E-state index is 0.0455. The quantitative estimate of drug-likeness (QED) is 0.814. The van der Waals surface area contributed by atoms with Gasteiger partial charge >= 0.3 is 0 Å². The number of hydrogen-bond acceptors (Lipinski definition) is 3. The van der Waals surface area contributed by atoms with Gasteiger partial charge in [0.05, 0.1) is 11.9 Å². The van der Waals surface area contributed by atoms with Crippen LogP contribution in [0, 0.1) is 11.8 Å². The highest BCUT2D eigenvalue weighted by molar-refractivity contribution is 5.97. The largest absolute Gasteiger partial charge is 0.396 e. The van der Waals surface area contributed by atoms with Gasteiger partial charge in [0.25, 0.3) is 5.91 Å². The number of hydrogen-bond donors (Lipinski definition) is 1. The van der Waals surface area contributed by atoms with Crippen molar-refractivity contribution in [3.8, 4) is 0 Å². The van der Waals surface area contributed by atoms with E-state index in [0.29, 0.717) is 23.2 Å². The second-order valence-electron chi connectivity index (χ2n) is 5.68. The summed E-state index contributed by atoms with van der Waals surface area (Å²) in [5.41, 5.74) is 6.86. The summed E-state index contributed by atoms with van der Waals surface area (Å²) in [6.07, 6.45) is 6.70. The number of piperidine rings is 1. The lowest BCUT2D eigenvalue weighted by Crippen LogP contribution is -2.46. The summed E-state index contributed by atoms with van der Waals surface area (Å²) in [6, 6.07) is 0. The van der Waals surface area contributed by atoms with E-state index >= 15 is 0 Å². The standard InChI is InChI=1S/C13H20N4O/c1-16-12(11(14)6-15-16)13(18)17-7-9-3-2-4-10(5-9)8-17/h6,9-10H,2-5,7-8,14H2,1H3. The molecule has 98 valence electrons. The number of amides is 1. The van der Waals surface area contributed by atoms with Crippen molar-refractivity contribution in [1.29, 1.82) is 0 Å². The van der Waals surface area contributed by atoms with E-state index in [-0.39, 0.29) is 5.91 Å². The van der Waals surface area contributed by atoms with E-state index in [2.05, 4.69) is 5.10 Å². The normalized spacial score (nSPS) is 27.3. The van der Waals surface area contributed by atoms with Crippen LogP contribution >= 0.6 is 0 Å². The van der Waals surface area contributed by atoms with Crippen LogP contribution in [0.2, 0.25) is 0 Å². The van der Waals surface area contributed by atoms with Gasteiger partial charge in [0, 0.05) is 20.1 Å². The second kappa shape index (κ2) is 4.30. The Hall–Kier alpha value is -1.52. The van der Waals surface area contributed by atoms with Crippen molar-refractivity contribution in [3.63, 3.8) is 0 Å². The smallest absolute Gasteiger partial charge is 0.274 e. The van der Waals surface area contributed by atoms with Crippen molar-refractivity contribution in [3.05, 3.63) is 11.9 Å². The Morgan fingerprint density at radius 3 is 2.61 bits per heavy atom. The van der Waals surface area contributed by atoms with Gasteiger partial charge in [-0.3, -0.25) is 9.48 Å². The van der Waals surface area contributed by atoms with Crippen molar-refractivity contribution < 1.29 is 4.79 Å². The maximum atomic E-state index is 12.5. The van der Waals surface area contributed by atoms with Gasteiger partial charge in [0.15, 0.2) is 0 Å². The molecule has 1 aromatic rings. The van der Waals surface area contributed by atoms with Gasteiger partial charge in [-0.2, -0.15) is 5.10 Å². The van der Waals surface area contributed by atoms with E-state index in [1.54, 1.807) is 17.9 Å². The fraction of sp³-hybridized carbons (Fsp3) is 0.692. The van der Waals surface area contributed by atoms with E-state index in [1.165, 1.54) is 25.7 Å². The van der Waals surface area contributed by atoms with Gasteiger partial charge in [0.1, 0.15) is 5.69 Å². The molecule has 2 unspecified atom stereocenters. The number of aryl methyl sites for hydroxylation is 1. The highest BCUT2D eigenvalue weighted by atomic mass is 16.2. The maximum absolute atomic E-state index is 12.5. The van der Waals surface area contributed by atoms with Crippen molar-refractivity contribution >= 4 is 11.6 Å². The van der Waals surface area contributed by atoms with Crippen molar-refractivity contribution in [1.82, 2.24) is 14.7 Å². The van der Waals surface area contributed by atoms with Crippen LogP contribution < -0.4 is 5.73 Å². The molecule has 1 amide bonds. The third-order valence-corrected chi connectivity index (χ3v) is 4.31. The first-order valence-electron chi connectivity index (χ1n) is 6.72. The van der Waals surface area contributed by atoms with Crippen LogP contribution in [0.5, 0.6) is 0 Å². The Bertz CT molecular complexity index is 436. The molecule has 2 atom stereocenters. The first kappa shape index (κ1) is 11.6. The van der Waals surface area contributed by atoms with E-state index < -0.39 is 0 Å². The lowest BCUT2D eigenvalue weighted by Gasteiger charge is -2.41. The van der Waals surface area contributed by atoms with E-state index in [1.807, 2.05) is 4.90 Å². The highest BCUT2D eigenvalue weighted by Crippen LogP contribution is 2.35. The zero-order valence-electron chi connectivity index (χ0n) is 10.8. The summed E-state index contributed by atoms with van der Waals surface area (Å²) in [7, 11) is 1.77. The number of fused-ring (bicyclic) bond motifs is 2. The lowest BCUT2D eigenvalue weighted by atomic mass is 9.78. The molecule has 5 heteroatoms. The summed E-state index contributed by atoms with van der Waals surface area (Å²) >= 11 is 0. The molecule has 0 radical (unpaired) electrons. The molecule has 2 fully saturated rings. The predicted octanol–water partition coefficient (Wildman–Crippen LogP) is 1.26. The molecule has 2 aliphatic rings. The Labute approximate surface area is 107 Å². The van der Waals surface area contributed by atoms with Gasteiger partial charge in [0.2, 0.25) is 0 Å². The number of nitrogens with two attached hydrogens (primary N) is 1. The molecule has 3 rings (SSSR count). The van der Waals surface area contributed by atoms with Gasteiger partial charge < -0.3 is 10.6 Å². The zero-order chi connectivity index (χ0) is 12.7. The number of nitrogens with zero attached hydrogens (tertiary/aromatic N) is 3. The molecule has 0 spiro atoms. The van der Waals surface area contributed by atoms with Gasteiger partial charge in [-0.05, 0) is 31.1 Å². The van der Waals surface area contributed by atoms with Crippen molar-refractivity contribution in [2.24, 2.45) is 18.9 Å². The Kier molecular flexibility index (Phi) is 2.76. The van der Waals surface area contributed by atoms with Gasteiger partial charge in [-0.15, -0.1) is 0 Å². The Morgan fingerprint density at radius 1 is 1.39 bits per heavy atom. The molecule has 5 nitrogen and oxygen atoms in total. The van der Waals surface area contributed by atoms with E-state index in [4.69, 9.17) is 5.73 Å². The average Bonchev–Trinajstić information content (AvgIpc) is 2.68. The lowest BCUT2D eigenvalue weighted by molar-refractivity contribution is 0.0495. The average molecular weight is 248 g/mol. The molecule has 1 saturated heterocycles. The van der Waals surface area contributed by atoms with Gasteiger partial charge in [-0.25, -0.2) is 0 Å². The first-order valence-corrected chi connectivity index (χ1v) is 6.72. The van der Waals surface area contributed by atoms with E-state index in [0.717, 1.165) is 13.1 Å². The summed E-state index contributed by atoms with van der Waals surface area (Å²) in [6.45, 7) is 1.78. The fourth-order valence-corrected chi connectivity index (χ4v) is 3.46. The first-order chi connectivity index (χ1) is 8.65. The van der Waals surface area contributed by atoms with Crippen LogP contribution in [0.4, 0.5) is 5.69 Å². The van der Waals surface area contributed by atoms with E-state index in [9.17, 15) is 4.79 Å². The molecule has 2 N–H and O–H groups in total. The number of aromatic nitrogens is 2. The third kappa shape index (κ3) is 1.87. The maximum Gasteiger partial charge on any atom is 0.274 e. The van der Waals surface area contributed by atoms with Crippen molar-refractivity contribution in [2.75, 3.05) is 18.8 Å². The Balaban J connectivity index is 1.81. The molecule has 18 heavy (non-hydrogen) atoms. The number of rotatable bonds is 1. The highest BCUT2D eigenvalue weighted by Gasteiger charge is 2.34. The molecule has 1 aromatic heterocycles. The van der Waals surface area contributed by atoms with Gasteiger partial charge in [-0.1, -0.05) is 6.42 Å². The summed E-state index contributed by atoms with van der Waals surface area (Å²) in [5.74, 6) is 1.43. The van der Waals surface area contributed by atoms with Crippen LogP contribution in [-0.4, -0.2) is 33.7 Å².